The highest BCUT2D eigenvalue weighted by molar-refractivity contribution is 5.96. The van der Waals surface area contributed by atoms with Gasteiger partial charge in [-0.1, -0.05) is 0 Å². The molecule has 20 heavy (non-hydrogen) atoms. The van der Waals surface area contributed by atoms with Crippen LogP contribution in [0, 0.1) is 10.1 Å². The number of nitro groups is 1. The molecule has 9 nitrogen and oxygen atoms in total. The summed E-state index contributed by atoms with van der Waals surface area (Å²) in [5.41, 5.74) is -1.02. The molecule has 0 bridgehead atoms. The molecule has 0 fully saturated rings. The Kier molecular flexibility index (Phi) is 3.72. The van der Waals surface area contributed by atoms with E-state index in [9.17, 15) is 25.1 Å². The van der Waals surface area contributed by atoms with Crippen LogP contribution in [-0.4, -0.2) is 40.3 Å². The van der Waals surface area contributed by atoms with Crippen LogP contribution in [0.3, 0.4) is 0 Å². The third kappa shape index (κ3) is 2.36. The molecule has 0 aromatic heterocycles. The monoisotopic (exact) mass is 285 g/mol. The third-order valence-electron chi connectivity index (χ3n) is 2.50. The fourth-order valence-corrected chi connectivity index (χ4v) is 1.68. The Balaban J connectivity index is 2.55. The molecule has 108 valence electrons. The number of ether oxygens (including phenoxy) is 3. The molecule has 2 N–H and O–H groups in total. The second kappa shape index (κ2) is 5.31. The van der Waals surface area contributed by atoms with Gasteiger partial charge in [-0.25, -0.2) is 4.79 Å². The lowest BCUT2D eigenvalue weighted by atomic mass is 10.1. The number of carbonyl (C=O) groups excluding carboxylic acids is 1. The number of aliphatic hydroxyl groups is 2. The van der Waals surface area contributed by atoms with Crippen molar-refractivity contribution >= 4 is 11.7 Å². The van der Waals surface area contributed by atoms with E-state index in [1.54, 1.807) is 6.92 Å². The Morgan fingerprint density at radius 3 is 2.65 bits per heavy atom. The number of esters is 1. The summed E-state index contributed by atoms with van der Waals surface area (Å²) < 4.78 is 14.4. The Hall–Kier alpha value is -2.39. The molecule has 0 saturated carbocycles. The Labute approximate surface area is 112 Å². The summed E-state index contributed by atoms with van der Waals surface area (Å²) in [5.74, 6) is -1.48. The van der Waals surface area contributed by atoms with Gasteiger partial charge in [0.05, 0.1) is 11.5 Å². The Morgan fingerprint density at radius 2 is 2.05 bits per heavy atom. The van der Waals surface area contributed by atoms with Crippen molar-refractivity contribution in [3.8, 4) is 11.5 Å². The fraction of sp³-hybridized carbons (Fsp3) is 0.364. The second-order valence-electron chi connectivity index (χ2n) is 3.78. The minimum absolute atomic E-state index is 0.0474. The van der Waals surface area contributed by atoms with Crippen molar-refractivity contribution in [2.75, 3.05) is 6.61 Å². The molecule has 2 atom stereocenters. The van der Waals surface area contributed by atoms with Crippen molar-refractivity contribution in [2.45, 2.75) is 19.5 Å². The standard InChI is InChI=1S/C11H11NO8/c1-2-18-9(13)5-3-4-6-8(7(5)12(16)17)20-11(15)10(14)19-6/h3-4,10-11,14-15H,2H2,1H3. The second-order valence-corrected chi connectivity index (χ2v) is 3.78. The third-order valence-corrected chi connectivity index (χ3v) is 2.50. The summed E-state index contributed by atoms with van der Waals surface area (Å²) in [6, 6.07) is 2.34. The van der Waals surface area contributed by atoms with Gasteiger partial charge < -0.3 is 24.4 Å². The molecule has 2 unspecified atom stereocenters. The summed E-state index contributed by atoms with van der Waals surface area (Å²) >= 11 is 0. The first kappa shape index (κ1) is 14.0. The topological polar surface area (TPSA) is 128 Å². The quantitative estimate of drug-likeness (QED) is 0.457. The molecule has 0 amide bonds. The van der Waals surface area contributed by atoms with Crippen molar-refractivity contribution in [1.29, 1.82) is 0 Å². The van der Waals surface area contributed by atoms with Gasteiger partial charge in [-0.3, -0.25) is 10.1 Å². The number of nitro benzene ring substituents is 1. The fourth-order valence-electron chi connectivity index (χ4n) is 1.68. The molecule has 2 rings (SSSR count). The van der Waals surface area contributed by atoms with E-state index >= 15 is 0 Å². The number of carbonyl (C=O) groups is 1. The van der Waals surface area contributed by atoms with Crippen LogP contribution in [0.1, 0.15) is 17.3 Å². The minimum Gasteiger partial charge on any atom is -0.462 e. The van der Waals surface area contributed by atoms with Crippen LogP contribution in [0.2, 0.25) is 0 Å². The van der Waals surface area contributed by atoms with E-state index in [-0.39, 0.29) is 17.9 Å². The summed E-state index contributed by atoms with van der Waals surface area (Å²) in [5, 5.41) is 29.7. The van der Waals surface area contributed by atoms with Crippen LogP contribution in [-0.2, 0) is 4.74 Å². The molecule has 1 aliphatic rings. The normalized spacial score (nSPS) is 20.4. The van der Waals surface area contributed by atoms with Crippen molar-refractivity contribution < 1.29 is 34.1 Å². The van der Waals surface area contributed by atoms with Gasteiger partial charge in [0.1, 0.15) is 5.56 Å². The first-order chi connectivity index (χ1) is 9.45. The van der Waals surface area contributed by atoms with Gasteiger partial charge in [-0.15, -0.1) is 0 Å². The first-order valence-corrected chi connectivity index (χ1v) is 5.63. The number of nitrogens with zero attached hydrogens (tertiary/aromatic N) is 1. The van der Waals surface area contributed by atoms with Gasteiger partial charge in [0.2, 0.25) is 5.75 Å². The highest BCUT2D eigenvalue weighted by Crippen LogP contribution is 2.43. The minimum atomic E-state index is -1.79. The first-order valence-electron chi connectivity index (χ1n) is 5.63. The van der Waals surface area contributed by atoms with Crippen LogP contribution in [0.5, 0.6) is 11.5 Å². The van der Waals surface area contributed by atoms with Gasteiger partial charge >= 0.3 is 11.7 Å². The average molecular weight is 285 g/mol. The van der Waals surface area contributed by atoms with Crippen LogP contribution >= 0.6 is 0 Å². The van der Waals surface area contributed by atoms with E-state index in [2.05, 4.69) is 0 Å². The smallest absolute Gasteiger partial charge is 0.345 e. The van der Waals surface area contributed by atoms with E-state index in [1.807, 2.05) is 0 Å². The summed E-state index contributed by atoms with van der Waals surface area (Å²) in [7, 11) is 0. The van der Waals surface area contributed by atoms with Gasteiger partial charge in [0.25, 0.3) is 12.6 Å². The highest BCUT2D eigenvalue weighted by atomic mass is 16.7. The summed E-state index contributed by atoms with van der Waals surface area (Å²) in [4.78, 5) is 21.9. The molecular formula is C11H11NO8. The van der Waals surface area contributed by atoms with Crippen molar-refractivity contribution in [1.82, 2.24) is 0 Å². The number of hydrogen-bond acceptors (Lipinski definition) is 8. The van der Waals surface area contributed by atoms with E-state index in [0.717, 1.165) is 6.07 Å². The van der Waals surface area contributed by atoms with E-state index < -0.39 is 34.9 Å². The Bertz CT molecular complexity index is 558. The molecular weight excluding hydrogens is 274 g/mol. The molecule has 0 spiro atoms. The van der Waals surface area contributed by atoms with E-state index in [4.69, 9.17) is 14.2 Å². The van der Waals surface area contributed by atoms with Crippen molar-refractivity contribution in [3.05, 3.63) is 27.8 Å². The Morgan fingerprint density at radius 1 is 1.40 bits per heavy atom. The van der Waals surface area contributed by atoms with Gasteiger partial charge in [0, 0.05) is 0 Å². The predicted octanol–water partition coefficient (Wildman–Crippen LogP) is 0.180. The van der Waals surface area contributed by atoms with Crippen LogP contribution in [0.4, 0.5) is 5.69 Å². The zero-order valence-electron chi connectivity index (χ0n) is 10.3. The lowest BCUT2D eigenvalue weighted by Crippen LogP contribution is -2.39. The predicted molar refractivity (Wildman–Crippen MR) is 62.3 cm³/mol. The maximum atomic E-state index is 11.7. The van der Waals surface area contributed by atoms with Crippen LogP contribution in [0.25, 0.3) is 0 Å². The number of benzene rings is 1. The van der Waals surface area contributed by atoms with Crippen LogP contribution in [0.15, 0.2) is 12.1 Å². The zero-order valence-corrected chi connectivity index (χ0v) is 10.3. The molecule has 0 radical (unpaired) electrons. The largest absolute Gasteiger partial charge is 0.462 e. The number of rotatable bonds is 3. The molecule has 9 heteroatoms. The maximum absolute atomic E-state index is 11.7. The van der Waals surface area contributed by atoms with Gasteiger partial charge in [0.15, 0.2) is 5.75 Å². The number of fused-ring (bicyclic) bond motifs is 1. The molecule has 1 aliphatic heterocycles. The van der Waals surface area contributed by atoms with Crippen molar-refractivity contribution in [2.24, 2.45) is 0 Å². The van der Waals surface area contributed by atoms with Gasteiger partial charge in [-0.05, 0) is 19.1 Å². The van der Waals surface area contributed by atoms with Crippen LogP contribution < -0.4 is 9.47 Å². The lowest BCUT2D eigenvalue weighted by Gasteiger charge is -2.27. The highest BCUT2D eigenvalue weighted by Gasteiger charge is 2.37. The summed E-state index contributed by atoms with van der Waals surface area (Å²) in [6.45, 7) is 1.60. The zero-order chi connectivity index (χ0) is 14.9. The summed E-state index contributed by atoms with van der Waals surface area (Å²) in [6.07, 6.45) is -3.46. The number of aliphatic hydroxyl groups excluding tert-OH is 2. The van der Waals surface area contributed by atoms with E-state index in [0.29, 0.717) is 0 Å². The SMILES string of the molecule is CCOC(=O)c1ccc2c(c1[N+](=O)[O-])OC(O)C(O)O2. The van der Waals surface area contributed by atoms with E-state index in [1.165, 1.54) is 6.07 Å². The number of hydrogen-bond donors (Lipinski definition) is 2. The molecule has 1 aromatic carbocycles. The van der Waals surface area contributed by atoms with Gasteiger partial charge in [-0.2, -0.15) is 0 Å². The average Bonchev–Trinajstić information content (AvgIpc) is 2.39. The molecule has 0 saturated heterocycles. The molecule has 0 aliphatic carbocycles. The molecule has 1 aromatic rings. The van der Waals surface area contributed by atoms with Crippen molar-refractivity contribution in [3.63, 3.8) is 0 Å². The molecule has 1 heterocycles. The maximum Gasteiger partial charge on any atom is 0.345 e. The lowest BCUT2D eigenvalue weighted by molar-refractivity contribution is -0.387.